The van der Waals surface area contributed by atoms with Crippen molar-refractivity contribution in [1.29, 1.82) is 0 Å². The van der Waals surface area contributed by atoms with Gasteiger partial charge in [0.05, 0.1) is 19.1 Å². The Balaban J connectivity index is 2.53. The Bertz CT molecular complexity index is 845. The maximum absolute atomic E-state index is 11.9. The van der Waals surface area contributed by atoms with Gasteiger partial charge in [-0.05, 0) is 31.2 Å². The fourth-order valence-corrected chi connectivity index (χ4v) is 2.08. The molecule has 0 radical (unpaired) electrons. The van der Waals surface area contributed by atoms with Gasteiger partial charge in [-0.25, -0.2) is 4.79 Å². The molecule has 2 rings (SSSR count). The highest BCUT2D eigenvalue weighted by molar-refractivity contribution is 5.95. The van der Waals surface area contributed by atoms with E-state index in [2.05, 4.69) is 4.74 Å². The maximum atomic E-state index is 11.9. The van der Waals surface area contributed by atoms with E-state index in [4.69, 9.17) is 9.47 Å². The molecule has 2 aromatic carbocycles. The lowest BCUT2D eigenvalue weighted by Crippen LogP contribution is -2.05. The Morgan fingerprint density at radius 2 is 1.76 bits per heavy atom. The molecule has 8 heteroatoms. The number of nitro groups is 1. The fraction of sp³-hybridized carbons (Fsp3) is 0.176. The van der Waals surface area contributed by atoms with Crippen LogP contribution in [0.5, 0.6) is 17.2 Å². The highest BCUT2D eigenvalue weighted by Crippen LogP contribution is 2.35. The number of nitro benzene ring substituents is 1. The third-order valence-corrected chi connectivity index (χ3v) is 3.38. The Labute approximate surface area is 143 Å². The van der Waals surface area contributed by atoms with Crippen molar-refractivity contribution < 1.29 is 28.7 Å². The zero-order valence-corrected chi connectivity index (χ0v) is 13.8. The predicted molar refractivity (Wildman–Crippen MR) is 87.5 cm³/mol. The van der Waals surface area contributed by atoms with Gasteiger partial charge in [0.1, 0.15) is 17.1 Å². The summed E-state index contributed by atoms with van der Waals surface area (Å²) in [7, 11) is 2.64. The zero-order valence-electron chi connectivity index (χ0n) is 13.8. The van der Waals surface area contributed by atoms with Crippen LogP contribution in [0.1, 0.15) is 27.6 Å². The molecule has 0 spiro atoms. The van der Waals surface area contributed by atoms with E-state index in [1.165, 1.54) is 51.5 Å². The van der Waals surface area contributed by atoms with Crippen LogP contribution in [0.3, 0.4) is 0 Å². The smallest absolute Gasteiger partial charge is 0.341 e. The maximum Gasteiger partial charge on any atom is 0.341 e. The first-order valence-electron chi connectivity index (χ1n) is 7.11. The molecule has 0 unspecified atom stereocenters. The third-order valence-electron chi connectivity index (χ3n) is 3.38. The molecule has 130 valence electrons. The fourth-order valence-electron chi connectivity index (χ4n) is 2.08. The van der Waals surface area contributed by atoms with Crippen LogP contribution in [0, 0.1) is 10.1 Å². The molecule has 0 N–H and O–H groups in total. The molecule has 0 fully saturated rings. The lowest BCUT2D eigenvalue weighted by atomic mass is 10.1. The quantitative estimate of drug-likeness (QED) is 0.342. The van der Waals surface area contributed by atoms with Crippen molar-refractivity contribution in [3.63, 3.8) is 0 Å². The van der Waals surface area contributed by atoms with Gasteiger partial charge >= 0.3 is 11.7 Å². The van der Waals surface area contributed by atoms with Gasteiger partial charge in [0, 0.05) is 17.7 Å². The first-order valence-corrected chi connectivity index (χ1v) is 7.11. The summed E-state index contributed by atoms with van der Waals surface area (Å²) >= 11 is 0. The highest BCUT2D eigenvalue weighted by atomic mass is 16.6. The van der Waals surface area contributed by atoms with Crippen molar-refractivity contribution in [2.45, 2.75) is 6.92 Å². The van der Waals surface area contributed by atoms with Gasteiger partial charge in [-0.3, -0.25) is 14.9 Å². The van der Waals surface area contributed by atoms with Crippen molar-refractivity contribution >= 4 is 17.4 Å². The van der Waals surface area contributed by atoms with E-state index in [9.17, 15) is 19.7 Å². The monoisotopic (exact) mass is 345 g/mol. The van der Waals surface area contributed by atoms with Crippen molar-refractivity contribution in [1.82, 2.24) is 0 Å². The Morgan fingerprint density at radius 3 is 2.32 bits per heavy atom. The van der Waals surface area contributed by atoms with Gasteiger partial charge in [-0.1, -0.05) is 0 Å². The molecule has 0 aromatic heterocycles. The van der Waals surface area contributed by atoms with E-state index < -0.39 is 16.6 Å². The van der Waals surface area contributed by atoms with Gasteiger partial charge in [-0.2, -0.15) is 0 Å². The summed E-state index contributed by atoms with van der Waals surface area (Å²) in [5.41, 5.74) is -0.141. The first-order chi connectivity index (χ1) is 11.9. The second kappa shape index (κ2) is 7.43. The van der Waals surface area contributed by atoms with E-state index in [1.54, 1.807) is 0 Å². The van der Waals surface area contributed by atoms with Crippen LogP contribution in [0.25, 0.3) is 0 Å². The average molecular weight is 345 g/mol. The van der Waals surface area contributed by atoms with Gasteiger partial charge in [0.15, 0.2) is 5.78 Å². The Morgan fingerprint density at radius 1 is 1.04 bits per heavy atom. The minimum atomic E-state index is -0.667. The molecular weight excluding hydrogens is 330 g/mol. The van der Waals surface area contributed by atoms with Crippen molar-refractivity contribution in [3.8, 4) is 17.2 Å². The highest BCUT2D eigenvalue weighted by Gasteiger charge is 2.21. The number of methoxy groups -OCH3 is 2. The molecule has 2 aromatic rings. The first kappa shape index (κ1) is 17.9. The number of benzene rings is 2. The SMILES string of the molecule is COC(=O)c1ccc(OC)cc1Oc1ccc(C(C)=O)cc1[N+](=O)[O-]. The van der Waals surface area contributed by atoms with Gasteiger partial charge in [0.25, 0.3) is 0 Å². The van der Waals surface area contributed by atoms with Crippen LogP contribution < -0.4 is 9.47 Å². The summed E-state index contributed by atoms with van der Waals surface area (Å²) in [5, 5.41) is 11.3. The summed E-state index contributed by atoms with van der Waals surface area (Å²) in [5.74, 6) is -0.670. The molecule has 0 saturated heterocycles. The van der Waals surface area contributed by atoms with Crippen molar-refractivity contribution in [2.75, 3.05) is 14.2 Å². The van der Waals surface area contributed by atoms with E-state index >= 15 is 0 Å². The summed E-state index contributed by atoms with van der Waals surface area (Å²) < 4.78 is 15.3. The number of carbonyl (C=O) groups excluding carboxylic acids is 2. The van der Waals surface area contributed by atoms with Crippen molar-refractivity contribution in [2.24, 2.45) is 0 Å². The van der Waals surface area contributed by atoms with Gasteiger partial charge < -0.3 is 14.2 Å². The topological polar surface area (TPSA) is 105 Å². The Kier molecular flexibility index (Phi) is 5.33. The average Bonchev–Trinajstić information content (AvgIpc) is 2.60. The summed E-state index contributed by atoms with van der Waals surface area (Å²) in [4.78, 5) is 33.9. The number of ether oxygens (including phenoxy) is 3. The number of rotatable bonds is 6. The lowest BCUT2D eigenvalue weighted by Gasteiger charge is -2.12. The number of ketones is 1. The van der Waals surface area contributed by atoms with E-state index in [0.29, 0.717) is 5.75 Å². The Hall–Kier alpha value is -3.42. The second-order valence-electron chi connectivity index (χ2n) is 4.95. The van der Waals surface area contributed by atoms with Crippen LogP contribution in [-0.2, 0) is 4.74 Å². The normalized spacial score (nSPS) is 10.0. The number of esters is 1. The summed E-state index contributed by atoms with van der Waals surface area (Å²) in [6.45, 7) is 1.30. The van der Waals surface area contributed by atoms with Crippen LogP contribution in [0.2, 0.25) is 0 Å². The van der Waals surface area contributed by atoms with Gasteiger partial charge in [0.2, 0.25) is 5.75 Å². The molecule has 0 bridgehead atoms. The number of hydrogen-bond donors (Lipinski definition) is 0. The third kappa shape index (κ3) is 3.92. The van der Waals surface area contributed by atoms with E-state index in [1.807, 2.05) is 0 Å². The second-order valence-corrected chi connectivity index (χ2v) is 4.95. The van der Waals surface area contributed by atoms with Crippen LogP contribution >= 0.6 is 0 Å². The minimum absolute atomic E-state index is 0.0323. The molecule has 0 aliphatic rings. The van der Waals surface area contributed by atoms with Crippen molar-refractivity contribution in [3.05, 3.63) is 57.6 Å². The lowest BCUT2D eigenvalue weighted by molar-refractivity contribution is -0.385. The molecule has 8 nitrogen and oxygen atoms in total. The molecule has 0 aliphatic heterocycles. The van der Waals surface area contributed by atoms with E-state index in [0.717, 1.165) is 6.07 Å². The number of hydrogen-bond acceptors (Lipinski definition) is 7. The summed E-state index contributed by atoms with van der Waals surface area (Å²) in [6.07, 6.45) is 0. The van der Waals surface area contributed by atoms with E-state index in [-0.39, 0.29) is 28.4 Å². The largest absolute Gasteiger partial charge is 0.497 e. The minimum Gasteiger partial charge on any atom is -0.497 e. The van der Waals surface area contributed by atoms with Crippen LogP contribution in [-0.4, -0.2) is 30.9 Å². The molecule has 0 saturated carbocycles. The standard InChI is InChI=1S/C17H15NO7/c1-10(19)11-4-7-15(14(8-11)18(21)22)25-16-9-12(23-2)5-6-13(16)17(20)24-3/h4-9H,1-3H3. The molecule has 0 amide bonds. The molecule has 0 heterocycles. The van der Waals surface area contributed by atoms with Crippen LogP contribution in [0.4, 0.5) is 5.69 Å². The summed E-state index contributed by atoms with van der Waals surface area (Å²) in [6, 6.07) is 8.20. The van der Waals surface area contributed by atoms with Crippen LogP contribution in [0.15, 0.2) is 36.4 Å². The number of carbonyl (C=O) groups is 2. The number of Topliss-reactive ketones (excluding diaryl/α,β-unsaturated/α-hetero) is 1. The number of nitrogens with zero attached hydrogens (tertiary/aromatic N) is 1. The molecule has 0 aliphatic carbocycles. The van der Waals surface area contributed by atoms with Gasteiger partial charge in [-0.15, -0.1) is 0 Å². The zero-order chi connectivity index (χ0) is 18.6. The molecule has 25 heavy (non-hydrogen) atoms. The molecule has 0 atom stereocenters. The molecular formula is C17H15NO7. The predicted octanol–water partition coefficient (Wildman–Crippen LogP) is 3.38.